The lowest BCUT2D eigenvalue weighted by Gasteiger charge is -2.23. The van der Waals surface area contributed by atoms with E-state index in [0.717, 1.165) is 10.4 Å². The van der Waals surface area contributed by atoms with Crippen molar-refractivity contribution < 1.29 is 4.39 Å². The van der Waals surface area contributed by atoms with E-state index in [1.165, 1.54) is 0 Å². The van der Waals surface area contributed by atoms with Gasteiger partial charge in [0.25, 0.3) is 0 Å². The first kappa shape index (κ1) is 9.68. The Morgan fingerprint density at radius 3 is 2.50 bits per heavy atom. The van der Waals surface area contributed by atoms with Crippen molar-refractivity contribution in [1.29, 1.82) is 0 Å². The highest BCUT2D eigenvalue weighted by Gasteiger charge is 2.27. The van der Waals surface area contributed by atoms with Crippen LogP contribution in [-0.4, -0.2) is 5.54 Å². The summed E-state index contributed by atoms with van der Waals surface area (Å²) in [5.41, 5.74) is 5.61. The van der Waals surface area contributed by atoms with Gasteiger partial charge in [-0.05, 0) is 32.2 Å². The summed E-state index contributed by atoms with van der Waals surface area (Å²) in [6.07, 6.45) is -1.07. The molecule has 12 heavy (non-hydrogen) atoms. The average Bonchev–Trinajstić information content (AvgIpc) is 2.31. The Kier molecular flexibility index (Phi) is 2.54. The Morgan fingerprint density at radius 1 is 1.58 bits per heavy atom. The molecule has 0 saturated carbocycles. The van der Waals surface area contributed by atoms with Crippen molar-refractivity contribution in [3.8, 4) is 0 Å². The predicted molar refractivity (Wildman–Crippen MR) is 51.2 cm³/mol. The molecule has 0 saturated heterocycles. The summed E-state index contributed by atoms with van der Waals surface area (Å²) in [6.45, 7) is 5.32. The van der Waals surface area contributed by atoms with Crippen LogP contribution >= 0.6 is 11.3 Å². The van der Waals surface area contributed by atoms with E-state index in [4.69, 9.17) is 5.73 Å². The molecule has 0 fully saturated rings. The van der Waals surface area contributed by atoms with Crippen LogP contribution in [0, 0.1) is 6.92 Å². The van der Waals surface area contributed by atoms with Crippen LogP contribution in [0.15, 0.2) is 11.4 Å². The van der Waals surface area contributed by atoms with E-state index in [1.54, 1.807) is 31.3 Å². The minimum absolute atomic E-state index is 0.729. The number of hydrogen-bond acceptors (Lipinski definition) is 2. The zero-order valence-corrected chi connectivity index (χ0v) is 8.41. The maximum atomic E-state index is 13.6. The maximum absolute atomic E-state index is 13.6. The van der Waals surface area contributed by atoms with Gasteiger partial charge in [-0.2, -0.15) is 0 Å². The molecule has 1 aromatic rings. The van der Waals surface area contributed by atoms with Gasteiger partial charge in [0.2, 0.25) is 0 Å². The van der Waals surface area contributed by atoms with Crippen LogP contribution in [0.1, 0.15) is 30.5 Å². The van der Waals surface area contributed by atoms with Gasteiger partial charge in [-0.15, -0.1) is 11.3 Å². The molecule has 0 spiro atoms. The summed E-state index contributed by atoms with van der Waals surface area (Å²) in [4.78, 5) is 1.01. The number of halogens is 1. The van der Waals surface area contributed by atoms with Crippen LogP contribution in [0.3, 0.4) is 0 Å². The molecule has 0 aliphatic carbocycles. The predicted octanol–water partition coefficient (Wildman–Crippen LogP) is 2.80. The molecule has 3 heteroatoms. The lowest BCUT2D eigenvalue weighted by atomic mass is 9.94. The molecule has 0 amide bonds. The highest BCUT2D eigenvalue weighted by Crippen LogP contribution is 2.32. The Balaban J connectivity index is 2.92. The van der Waals surface area contributed by atoms with Crippen molar-refractivity contribution in [2.75, 3.05) is 0 Å². The van der Waals surface area contributed by atoms with E-state index < -0.39 is 11.7 Å². The number of thiophene rings is 1. The zero-order valence-electron chi connectivity index (χ0n) is 7.60. The lowest BCUT2D eigenvalue weighted by Crippen LogP contribution is -2.37. The average molecular weight is 187 g/mol. The number of hydrogen-bond donors (Lipinski definition) is 1. The maximum Gasteiger partial charge on any atom is 0.143 e. The highest BCUT2D eigenvalue weighted by molar-refractivity contribution is 7.10. The zero-order chi connectivity index (χ0) is 9.35. The minimum Gasteiger partial charge on any atom is -0.323 e. The van der Waals surface area contributed by atoms with E-state index in [1.807, 2.05) is 12.3 Å². The molecular formula is C9H14FNS. The molecule has 1 nitrogen and oxygen atoms in total. The van der Waals surface area contributed by atoms with Gasteiger partial charge in [-0.1, -0.05) is 0 Å². The standard InChI is InChI=1S/C9H14FNS/c1-6-7(4-5-12-6)8(10)9(2,3)11/h4-5,8H,11H2,1-3H3. The van der Waals surface area contributed by atoms with Crippen molar-refractivity contribution in [3.63, 3.8) is 0 Å². The van der Waals surface area contributed by atoms with Crippen LogP contribution in [0.25, 0.3) is 0 Å². The number of alkyl halides is 1. The topological polar surface area (TPSA) is 26.0 Å². The molecule has 1 rings (SSSR count). The summed E-state index contributed by atoms with van der Waals surface area (Å²) in [5.74, 6) is 0. The molecule has 1 unspecified atom stereocenters. The van der Waals surface area contributed by atoms with E-state index in [2.05, 4.69) is 0 Å². The normalized spacial score (nSPS) is 14.8. The Labute approximate surface area is 76.4 Å². The Hall–Kier alpha value is -0.410. The minimum atomic E-state index is -1.07. The summed E-state index contributed by atoms with van der Waals surface area (Å²) in [6, 6.07) is 1.80. The van der Waals surface area contributed by atoms with Crippen molar-refractivity contribution in [1.82, 2.24) is 0 Å². The monoisotopic (exact) mass is 187 g/mol. The van der Waals surface area contributed by atoms with Crippen LogP contribution in [0.4, 0.5) is 4.39 Å². The molecule has 0 aliphatic heterocycles. The van der Waals surface area contributed by atoms with Crippen molar-refractivity contribution >= 4 is 11.3 Å². The lowest BCUT2D eigenvalue weighted by molar-refractivity contribution is 0.223. The van der Waals surface area contributed by atoms with E-state index in [-0.39, 0.29) is 0 Å². The molecule has 1 heterocycles. The van der Waals surface area contributed by atoms with Gasteiger partial charge in [0.15, 0.2) is 0 Å². The van der Waals surface area contributed by atoms with E-state index in [9.17, 15) is 4.39 Å². The smallest absolute Gasteiger partial charge is 0.143 e. The van der Waals surface area contributed by atoms with Crippen molar-refractivity contribution in [2.24, 2.45) is 5.73 Å². The van der Waals surface area contributed by atoms with Gasteiger partial charge in [0, 0.05) is 16.0 Å². The highest BCUT2D eigenvalue weighted by atomic mass is 32.1. The molecule has 1 aromatic heterocycles. The van der Waals surface area contributed by atoms with Gasteiger partial charge in [0.05, 0.1) is 0 Å². The van der Waals surface area contributed by atoms with Gasteiger partial charge >= 0.3 is 0 Å². The second-order valence-electron chi connectivity index (χ2n) is 3.62. The first-order valence-corrected chi connectivity index (χ1v) is 4.78. The summed E-state index contributed by atoms with van der Waals surface area (Å²) in [5, 5.41) is 1.89. The quantitative estimate of drug-likeness (QED) is 0.757. The third kappa shape index (κ3) is 1.84. The molecule has 68 valence electrons. The number of aryl methyl sites for hydroxylation is 1. The third-order valence-electron chi connectivity index (χ3n) is 1.83. The fourth-order valence-electron chi connectivity index (χ4n) is 1.06. The second-order valence-corrected chi connectivity index (χ2v) is 4.74. The Bertz CT molecular complexity index is 262. The molecule has 0 radical (unpaired) electrons. The van der Waals surface area contributed by atoms with Gasteiger partial charge in [0.1, 0.15) is 6.17 Å². The van der Waals surface area contributed by atoms with Crippen LogP contribution in [0.2, 0.25) is 0 Å². The van der Waals surface area contributed by atoms with Crippen LogP contribution < -0.4 is 5.73 Å². The third-order valence-corrected chi connectivity index (χ3v) is 2.69. The SMILES string of the molecule is Cc1sccc1C(F)C(C)(C)N. The summed E-state index contributed by atoms with van der Waals surface area (Å²) < 4.78 is 13.6. The molecule has 2 N–H and O–H groups in total. The summed E-state index contributed by atoms with van der Waals surface area (Å²) >= 11 is 1.55. The largest absolute Gasteiger partial charge is 0.323 e. The summed E-state index contributed by atoms with van der Waals surface area (Å²) in [7, 11) is 0. The molecular weight excluding hydrogens is 173 g/mol. The Morgan fingerprint density at radius 2 is 2.17 bits per heavy atom. The van der Waals surface area contributed by atoms with Crippen molar-refractivity contribution in [3.05, 3.63) is 21.9 Å². The van der Waals surface area contributed by atoms with Gasteiger partial charge in [-0.3, -0.25) is 0 Å². The molecule has 1 atom stereocenters. The van der Waals surface area contributed by atoms with Crippen LogP contribution in [0.5, 0.6) is 0 Å². The first-order chi connectivity index (χ1) is 5.43. The van der Waals surface area contributed by atoms with Crippen molar-refractivity contribution in [2.45, 2.75) is 32.5 Å². The molecule has 0 aromatic carbocycles. The number of rotatable bonds is 2. The van der Waals surface area contributed by atoms with E-state index in [0.29, 0.717) is 0 Å². The van der Waals surface area contributed by atoms with Gasteiger partial charge < -0.3 is 5.73 Å². The fourth-order valence-corrected chi connectivity index (χ4v) is 1.78. The van der Waals surface area contributed by atoms with Crippen LogP contribution in [-0.2, 0) is 0 Å². The number of nitrogens with two attached hydrogens (primary N) is 1. The molecule has 0 aliphatic rings. The fraction of sp³-hybridized carbons (Fsp3) is 0.556. The van der Waals surface area contributed by atoms with E-state index >= 15 is 0 Å². The first-order valence-electron chi connectivity index (χ1n) is 3.90. The second kappa shape index (κ2) is 3.15. The van der Waals surface area contributed by atoms with Gasteiger partial charge in [-0.25, -0.2) is 4.39 Å². The molecule has 0 bridgehead atoms.